The van der Waals surface area contributed by atoms with E-state index < -0.39 is 10.0 Å². The quantitative estimate of drug-likeness (QED) is 0.468. The minimum Gasteiger partial charge on any atom is -0.355 e. The van der Waals surface area contributed by atoms with E-state index in [4.69, 9.17) is 0 Å². The molecule has 0 heterocycles. The maximum Gasteiger partial charge on any atom is 0.213 e. The second-order valence-electron chi connectivity index (χ2n) is 6.14. The molecule has 0 bridgehead atoms. The van der Waals surface area contributed by atoms with Gasteiger partial charge in [0, 0.05) is 31.4 Å². The second kappa shape index (κ2) is 10.0. The van der Waals surface area contributed by atoms with Crippen molar-refractivity contribution in [1.82, 2.24) is 15.4 Å². The topological polar surface area (TPSA) is 82.6 Å². The van der Waals surface area contributed by atoms with E-state index in [0.29, 0.717) is 30.3 Å². The standard InChI is InChI=1S/C17H28N4O2S2/c1-18-17(21-15-8-9-16(12-15)24-2)19-10-11-25(22,23)20-13-14-6-4-3-5-7-14/h3-7,15-16,20H,8-13H2,1-2H3,(H2,18,19,21). The van der Waals surface area contributed by atoms with Crippen molar-refractivity contribution in [3.8, 4) is 0 Å². The van der Waals surface area contributed by atoms with Crippen LogP contribution in [-0.4, -0.2) is 51.3 Å². The highest BCUT2D eigenvalue weighted by molar-refractivity contribution is 7.99. The molecule has 25 heavy (non-hydrogen) atoms. The van der Waals surface area contributed by atoms with E-state index in [1.54, 1.807) is 7.05 Å². The van der Waals surface area contributed by atoms with Crippen LogP contribution in [0.5, 0.6) is 0 Å². The number of guanidine groups is 1. The molecule has 140 valence electrons. The van der Waals surface area contributed by atoms with Crippen LogP contribution in [0.2, 0.25) is 0 Å². The highest BCUT2D eigenvalue weighted by atomic mass is 32.2. The van der Waals surface area contributed by atoms with Gasteiger partial charge in [-0.3, -0.25) is 4.99 Å². The molecule has 0 aromatic heterocycles. The Hall–Kier alpha value is -1.25. The molecule has 8 heteroatoms. The predicted molar refractivity (Wildman–Crippen MR) is 107 cm³/mol. The first-order valence-electron chi connectivity index (χ1n) is 8.53. The third-order valence-corrected chi connectivity index (χ3v) is 6.71. The molecule has 1 aromatic rings. The molecule has 1 saturated carbocycles. The average molecular weight is 385 g/mol. The number of hydrogen-bond acceptors (Lipinski definition) is 4. The largest absolute Gasteiger partial charge is 0.355 e. The lowest BCUT2D eigenvalue weighted by molar-refractivity contribution is 0.578. The van der Waals surface area contributed by atoms with Gasteiger partial charge >= 0.3 is 0 Å². The van der Waals surface area contributed by atoms with Crippen LogP contribution in [0.3, 0.4) is 0 Å². The first-order chi connectivity index (χ1) is 12.0. The number of thioether (sulfide) groups is 1. The van der Waals surface area contributed by atoms with Gasteiger partial charge in [0.25, 0.3) is 0 Å². The molecule has 0 radical (unpaired) electrons. The highest BCUT2D eigenvalue weighted by Crippen LogP contribution is 2.27. The summed E-state index contributed by atoms with van der Waals surface area (Å²) < 4.78 is 26.8. The van der Waals surface area contributed by atoms with Crippen molar-refractivity contribution in [2.75, 3.05) is 25.6 Å². The van der Waals surface area contributed by atoms with Gasteiger partial charge < -0.3 is 10.6 Å². The lowest BCUT2D eigenvalue weighted by Crippen LogP contribution is -2.44. The molecule has 2 atom stereocenters. The highest BCUT2D eigenvalue weighted by Gasteiger charge is 2.24. The normalized spacial score (nSPS) is 21.3. The summed E-state index contributed by atoms with van der Waals surface area (Å²) in [5.74, 6) is 0.684. The molecule has 2 rings (SSSR count). The Kier molecular flexibility index (Phi) is 8.05. The van der Waals surface area contributed by atoms with Crippen LogP contribution in [0.25, 0.3) is 0 Å². The first-order valence-corrected chi connectivity index (χ1v) is 11.5. The molecule has 6 nitrogen and oxygen atoms in total. The molecule has 1 fully saturated rings. The van der Waals surface area contributed by atoms with Gasteiger partial charge in [0.1, 0.15) is 0 Å². The summed E-state index contributed by atoms with van der Waals surface area (Å²) in [7, 11) is -1.62. The summed E-state index contributed by atoms with van der Waals surface area (Å²) in [4.78, 5) is 4.19. The maximum absolute atomic E-state index is 12.1. The number of rotatable bonds is 8. The van der Waals surface area contributed by atoms with Gasteiger partial charge in [0.05, 0.1) is 5.75 Å². The van der Waals surface area contributed by atoms with Gasteiger partial charge in [-0.25, -0.2) is 13.1 Å². The fourth-order valence-electron chi connectivity index (χ4n) is 2.84. The van der Waals surface area contributed by atoms with E-state index in [-0.39, 0.29) is 5.75 Å². The second-order valence-corrected chi connectivity index (χ2v) is 9.20. The van der Waals surface area contributed by atoms with Gasteiger partial charge in [-0.1, -0.05) is 30.3 Å². The van der Waals surface area contributed by atoms with Crippen molar-refractivity contribution in [2.45, 2.75) is 37.1 Å². The molecule has 2 unspecified atom stereocenters. The molecular weight excluding hydrogens is 356 g/mol. The monoisotopic (exact) mass is 384 g/mol. The van der Waals surface area contributed by atoms with E-state index in [2.05, 4.69) is 26.6 Å². The van der Waals surface area contributed by atoms with Crippen molar-refractivity contribution in [1.29, 1.82) is 0 Å². The lowest BCUT2D eigenvalue weighted by Gasteiger charge is -2.17. The predicted octanol–water partition coefficient (Wildman–Crippen LogP) is 1.56. The van der Waals surface area contributed by atoms with E-state index >= 15 is 0 Å². The van der Waals surface area contributed by atoms with Crippen LogP contribution >= 0.6 is 11.8 Å². The fraction of sp³-hybridized carbons (Fsp3) is 0.588. The van der Waals surface area contributed by atoms with Gasteiger partial charge in [0.2, 0.25) is 10.0 Å². The zero-order chi connectivity index (χ0) is 18.1. The number of sulfonamides is 1. The van der Waals surface area contributed by atoms with Gasteiger partial charge in [-0.05, 0) is 31.1 Å². The van der Waals surface area contributed by atoms with Crippen LogP contribution in [0, 0.1) is 0 Å². The third-order valence-electron chi connectivity index (χ3n) is 4.28. The number of hydrogen-bond donors (Lipinski definition) is 3. The van der Waals surface area contributed by atoms with Crippen LogP contribution < -0.4 is 15.4 Å². The molecule has 1 aliphatic rings. The van der Waals surface area contributed by atoms with Crippen molar-refractivity contribution in [3.63, 3.8) is 0 Å². The Bertz CT molecular complexity index is 650. The van der Waals surface area contributed by atoms with Gasteiger partial charge in [0.15, 0.2) is 5.96 Å². The van der Waals surface area contributed by atoms with Crippen LogP contribution in [-0.2, 0) is 16.6 Å². The molecule has 0 aliphatic heterocycles. The smallest absolute Gasteiger partial charge is 0.213 e. The molecular formula is C17H28N4O2S2. The SMILES string of the molecule is CN=C(NCCS(=O)(=O)NCc1ccccc1)NC1CCC(SC)C1. The Balaban J connectivity index is 1.70. The molecule has 0 spiro atoms. The lowest BCUT2D eigenvalue weighted by atomic mass is 10.2. The number of nitrogens with one attached hydrogen (secondary N) is 3. The Morgan fingerprint density at radius 3 is 2.68 bits per heavy atom. The van der Waals surface area contributed by atoms with E-state index in [9.17, 15) is 8.42 Å². The molecule has 3 N–H and O–H groups in total. The summed E-state index contributed by atoms with van der Waals surface area (Å²) in [6, 6.07) is 9.91. The molecule has 1 aromatic carbocycles. The van der Waals surface area contributed by atoms with Crippen molar-refractivity contribution >= 4 is 27.7 Å². The summed E-state index contributed by atoms with van der Waals surface area (Å²) in [6.45, 7) is 0.636. The molecule has 0 saturated heterocycles. The molecule has 1 aliphatic carbocycles. The average Bonchev–Trinajstić information content (AvgIpc) is 3.07. The van der Waals surface area contributed by atoms with Gasteiger partial charge in [-0.15, -0.1) is 0 Å². The van der Waals surface area contributed by atoms with Crippen molar-refractivity contribution in [2.24, 2.45) is 4.99 Å². The minimum atomic E-state index is -3.32. The summed E-state index contributed by atoms with van der Waals surface area (Å²) >= 11 is 1.91. The van der Waals surface area contributed by atoms with E-state index in [0.717, 1.165) is 18.4 Å². The number of nitrogens with zero attached hydrogens (tertiary/aromatic N) is 1. The Morgan fingerprint density at radius 2 is 2.04 bits per heavy atom. The van der Waals surface area contributed by atoms with E-state index in [1.807, 2.05) is 42.1 Å². The molecule has 0 amide bonds. The first kappa shape index (κ1) is 20.1. The van der Waals surface area contributed by atoms with Crippen LogP contribution in [0.4, 0.5) is 0 Å². The summed E-state index contributed by atoms with van der Waals surface area (Å²) in [5.41, 5.74) is 0.945. The number of aliphatic imine (C=N–C) groups is 1. The zero-order valence-corrected chi connectivity index (χ0v) is 16.5. The fourth-order valence-corrected chi connectivity index (χ4v) is 4.54. The maximum atomic E-state index is 12.1. The third kappa shape index (κ3) is 7.25. The zero-order valence-electron chi connectivity index (χ0n) is 14.9. The Morgan fingerprint density at radius 1 is 1.28 bits per heavy atom. The summed E-state index contributed by atoms with van der Waals surface area (Å²) in [5, 5.41) is 7.19. The number of benzene rings is 1. The van der Waals surface area contributed by atoms with Crippen LogP contribution in [0.15, 0.2) is 35.3 Å². The van der Waals surface area contributed by atoms with Gasteiger partial charge in [-0.2, -0.15) is 11.8 Å². The van der Waals surface area contributed by atoms with E-state index in [1.165, 1.54) is 6.42 Å². The Labute approximate surface area is 155 Å². The minimum absolute atomic E-state index is 0.0125. The van der Waals surface area contributed by atoms with Crippen LogP contribution in [0.1, 0.15) is 24.8 Å². The van der Waals surface area contributed by atoms with Crippen molar-refractivity contribution in [3.05, 3.63) is 35.9 Å². The van der Waals surface area contributed by atoms with Crippen molar-refractivity contribution < 1.29 is 8.42 Å². The summed E-state index contributed by atoms with van der Waals surface area (Å²) in [6.07, 6.45) is 5.61.